The van der Waals surface area contributed by atoms with Crippen molar-refractivity contribution in [2.24, 2.45) is 0 Å². The third kappa shape index (κ3) is 6.51. The SMILES string of the molecule is COc1cc(-c2ccc(NC(=O)c3ccc(OC(=O)c4cc(OC)c(OC)cc4OC)c(OC)c3)c(OC)c2)ccc1N. The minimum absolute atomic E-state index is 0.0988. The molecule has 0 unspecified atom stereocenters. The van der Waals surface area contributed by atoms with Crippen LogP contribution in [-0.4, -0.2) is 54.5 Å². The number of benzene rings is 4. The van der Waals surface area contributed by atoms with E-state index < -0.39 is 11.9 Å². The number of nitrogens with one attached hydrogen (secondary N) is 1. The molecule has 0 aliphatic heterocycles. The number of nitrogen functional groups attached to an aromatic ring is 1. The second-order valence-electron chi connectivity index (χ2n) is 8.99. The molecule has 0 atom stereocenters. The van der Waals surface area contributed by atoms with Crippen molar-refractivity contribution in [2.45, 2.75) is 0 Å². The molecular weight excluding hydrogens is 556 g/mol. The molecule has 11 nitrogen and oxygen atoms in total. The quantitative estimate of drug-likeness (QED) is 0.132. The van der Waals surface area contributed by atoms with Crippen molar-refractivity contribution in [2.75, 3.05) is 53.7 Å². The number of hydrogen-bond acceptors (Lipinski definition) is 10. The van der Waals surface area contributed by atoms with Gasteiger partial charge in [-0.05, 0) is 53.6 Å². The van der Waals surface area contributed by atoms with Crippen molar-refractivity contribution >= 4 is 23.3 Å². The molecule has 43 heavy (non-hydrogen) atoms. The summed E-state index contributed by atoms with van der Waals surface area (Å²) in [6, 6.07) is 18.2. The number of amides is 1. The molecule has 0 bridgehead atoms. The van der Waals surface area contributed by atoms with E-state index >= 15 is 0 Å². The summed E-state index contributed by atoms with van der Waals surface area (Å²) >= 11 is 0. The van der Waals surface area contributed by atoms with Crippen LogP contribution in [0.5, 0.6) is 40.2 Å². The zero-order chi connectivity index (χ0) is 31.1. The molecular formula is C32H32N2O9. The normalized spacial score (nSPS) is 10.4. The predicted octanol–water partition coefficient (Wildman–Crippen LogP) is 5.46. The maximum absolute atomic E-state index is 13.2. The summed E-state index contributed by atoms with van der Waals surface area (Å²) in [6.45, 7) is 0. The van der Waals surface area contributed by atoms with Gasteiger partial charge in [0.25, 0.3) is 5.91 Å². The van der Waals surface area contributed by atoms with Gasteiger partial charge in [-0.3, -0.25) is 4.79 Å². The fraction of sp³-hybridized carbons (Fsp3) is 0.188. The largest absolute Gasteiger partial charge is 0.496 e. The van der Waals surface area contributed by atoms with Gasteiger partial charge < -0.3 is 44.2 Å². The van der Waals surface area contributed by atoms with Gasteiger partial charge in [-0.15, -0.1) is 0 Å². The van der Waals surface area contributed by atoms with Gasteiger partial charge in [0, 0.05) is 17.7 Å². The molecule has 0 fully saturated rings. The number of esters is 1. The average Bonchev–Trinajstić information content (AvgIpc) is 3.04. The maximum atomic E-state index is 13.2. The number of methoxy groups -OCH3 is 6. The Labute approximate surface area is 249 Å². The highest BCUT2D eigenvalue weighted by Crippen LogP contribution is 2.37. The Morgan fingerprint density at radius 1 is 0.558 bits per heavy atom. The van der Waals surface area contributed by atoms with Crippen LogP contribution < -0.4 is 44.2 Å². The van der Waals surface area contributed by atoms with Gasteiger partial charge in [-0.25, -0.2) is 4.79 Å². The summed E-state index contributed by atoms with van der Waals surface area (Å²) in [5.74, 6) is 1.05. The molecule has 0 aliphatic rings. The monoisotopic (exact) mass is 588 g/mol. The molecule has 4 rings (SSSR count). The van der Waals surface area contributed by atoms with Crippen molar-refractivity contribution in [1.29, 1.82) is 0 Å². The first-order valence-electron chi connectivity index (χ1n) is 12.9. The molecule has 0 aromatic heterocycles. The fourth-order valence-corrected chi connectivity index (χ4v) is 4.30. The first kappa shape index (κ1) is 30.4. The number of carbonyl (C=O) groups excluding carboxylic acids is 2. The number of anilines is 2. The highest BCUT2D eigenvalue weighted by molar-refractivity contribution is 6.05. The number of rotatable bonds is 11. The smallest absolute Gasteiger partial charge is 0.347 e. The average molecular weight is 589 g/mol. The lowest BCUT2D eigenvalue weighted by Crippen LogP contribution is -2.14. The predicted molar refractivity (Wildman–Crippen MR) is 161 cm³/mol. The standard InChI is InChI=1S/C32H32N2O9/c1-37-25-17-30(42-6)29(41-5)16-21(25)32(36)43-24-12-9-20(15-28(24)40-4)31(35)34-23-11-8-19(14-27(23)39-3)18-7-10-22(33)26(13-18)38-2/h7-17H,33H2,1-6H3,(H,34,35). The molecule has 4 aromatic rings. The van der Waals surface area contributed by atoms with E-state index in [4.69, 9.17) is 38.9 Å². The summed E-state index contributed by atoms with van der Waals surface area (Å²) < 4.78 is 37.8. The highest BCUT2D eigenvalue weighted by Gasteiger charge is 2.22. The van der Waals surface area contributed by atoms with Crippen molar-refractivity contribution in [3.63, 3.8) is 0 Å². The maximum Gasteiger partial charge on any atom is 0.347 e. The van der Waals surface area contributed by atoms with Crippen LogP contribution in [0.2, 0.25) is 0 Å². The van der Waals surface area contributed by atoms with Gasteiger partial charge in [0.15, 0.2) is 23.0 Å². The fourth-order valence-electron chi connectivity index (χ4n) is 4.30. The topological polar surface area (TPSA) is 137 Å². The van der Waals surface area contributed by atoms with Gasteiger partial charge >= 0.3 is 5.97 Å². The first-order valence-corrected chi connectivity index (χ1v) is 12.9. The third-order valence-electron chi connectivity index (χ3n) is 6.57. The van der Waals surface area contributed by atoms with Gasteiger partial charge in [0.05, 0.1) is 54.0 Å². The number of carbonyl (C=O) groups is 2. The van der Waals surface area contributed by atoms with E-state index in [1.165, 1.54) is 65.9 Å². The Bertz CT molecular complexity index is 1650. The van der Waals surface area contributed by atoms with E-state index in [-0.39, 0.29) is 28.4 Å². The van der Waals surface area contributed by atoms with Crippen LogP contribution in [0.3, 0.4) is 0 Å². The molecule has 0 saturated heterocycles. The number of nitrogens with two attached hydrogens (primary N) is 1. The second kappa shape index (κ2) is 13.4. The van der Waals surface area contributed by atoms with Crippen molar-refractivity contribution < 1.29 is 42.7 Å². The zero-order valence-corrected chi connectivity index (χ0v) is 24.6. The number of ether oxygens (including phenoxy) is 7. The molecule has 3 N–H and O–H groups in total. The summed E-state index contributed by atoms with van der Waals surface area (Å²) in [5, 5.41) is 2.85. The molecule has 224 valence electrons. The lowest BCUT2D eigenvalue weighted by molar-refractivity contribution is 0.0725. The summed E-state index contributed by atoms with van der Waals surface area (Å²) in [7, 11) is 8.81. The van der Waals surface area contributed by atoms with E-state index in [1.807, 2.05) is 18.2 Å². The van der Waals surface area contributed by atoms with Gasteiger partial charge in [0.2, 0.25) is 0 Å². The molecule has 1 amide bonds. The Morgan fingerprint density at radius 2 is 1.12 bits per heavy atom. The Hall–Kier alpha value is -5.58. The molecule has 11 heteroatoms. The summed E-state index contributed by atoms with van der Waals surface area (Å²) in [6.07, 6.45) is 0. The molecule has 4 aromatic carbocycles. The van der Waals surface area contributed by atoms with Crippen molar-refractivity contribution in [3.8, 4) is 51.4 Å². The Balaban J connectivity index is 1.55. The van der Waals surface area contributed by atoms with Gasteiger partial charge in [-0.2, -0.15) is 0 Å². The Morgan fingerprint density at radius 3 is 1.74 bits per heavy atom. The van der Waals surface area contributed by atoms with Gasteiger partial charge in [-0.1, -0.05) is 12.1 Å². The molecule has 0 saturated carbocycles. The van der Waals surface area contributed by atoms with Crippen LogP contribution in [0.1, 0.15) is 20.7 Å². The van der Waals surface area contributed by atoms with Crippen LogP contribution in [0.25, 0.3) is 11.1 Å². The van der Waals surface area contributed by atoms with E-state index in [0.29, 0.717) is 34.4 Å². The van der Waals surface area contributed by atoms with Gasteiger partial charge in [0.1, 0.15) is 22.8 Å². The first-order chi connectivity index (χ1) is 20.8. The Kier molecular flexibility index (Phi) is 9.46. The van der Waals surface area contributed by atoms with E-state index in [2.05, 4.69) is 5.32 Å². The zero-order valence-electron chi connectivity index (χ0n) is 24.6. The third-order valence-corrected chi connectivity index (χ3v) is 6.57. The highest BCUT2D eigenvalue weighted by atomic mass is 16.6. The van der Waals surface area contributed by atoms with E-state index in [9.17, 15) is 9.59 Å². The van der Waals surface area contributed by atoms with E-state index in [0.717, 1.165) is 11.1 Å². The lowest BCUT2D eigenvalue weighted by atomic mass is 10.0. The van der Waals surface area contributed by atoms with Crippen LogP contribution >= 0.6 is 0 Å². The number of hydrogen-bond donors (Lipinski definition) is 2. The van der Waals surface area contributed by atoms with Crippen LogP contribution in [0, 0.1) is 0 Å². The van der Waals surface area contributed by atoms with Crippen molar-refractivity contribution in [3.05, 3.63) is 77.9 Å². The van der Waals surface area contributed by atoms with E-state index in [1.54, 1.807) is 25.3 Å². The van der Waals surface area contributed by atoms with Crippen LogP contribution in [0.15, 0.2) is 66.7 Å². The molecule has 0 heterocycles. The summed E-state index contributed by atoms with van der Waals surface area (Å²) in [4.78, 5) is 26.3. The van der Waals surface area contributed by atoms with Crippen LogP contribution in [0.4, 0.5) is 11.4 Å². The summed E-state index contributed by atoms with van der Waals surface area (Å²) in [5.41, 5.74) is 8.99. The molecule has 0 spiro atoms. The molecule has 0 radical (unpaired) electrons. The second-order valence-corrected chi connectivity index (χ2v) is 8.99. The molecule has 0 aliphatic carbocycles. The lowest BCUT2D eigenvalue weighted by Gasteiger charge is -2.15. The van der Waals surface area contributed by atoms with Crippen molar-refractivity contribution in [1.82, 2.24) is 0 Å². The van der Waals surface area contributed by atoms with Crippen LogP contribution in [-0.2, 0) is 0 Å². The minimum atomic E-state index is -0.725. The minimum Gasteiger partial charge on any atom is -0.496 e.